The van der Waals surface area contributed by atoms with E-state index in [1.54, 1.807) is 81.6 Å². The number of Topliss-reactive ketones (excluding diaryl/α,β-unsaturated/α-hetero) is 1. The third-order valence-corrected chi connectivity index (χ3v) is 6.39. The molecule has 1 aliphatic rings. The maximum absolute atomic E-state index is 13.9. The lowest BCUT2D eigenvalue weighted by molar-refractivity contribution is -0.151. The van der Waals surface area contributed by atoms with Crippen LogP contribution in [-0.4, -0.2) is 63.0 Å². The molecule has 0 fully saturated rings. The van der Waals surface area contributed by atoms with Gasteiger partial charge in [0.2, 0.25) is 11.8 Å². The van der Waals surface area contributed by atoms with Gasteiger partial charge in [0, 0.05) is 18.0 Å². The van der Waals surface area contributed by atoms with E-state index < -0.39 is 47.6 Å². The number of amides is 3. The molecule has 0 bridgehead atoms. The van der Waals surface area contributed by atoms with Crippen LogP contribution >= 0.6 is 0 Å². The Labute approximate surface area is 228 Å². The number of rotatable bonds is 9. The maximum Gasteiger partial charge on any atom is 0.374 e. The van der Waals surface area contributed by atoms with Gasteiger partial charge in [-0.25, -0.2) is 4.79 Å². The van der Waals surface area contributed by atoms with Crippen LogP contribution in [0.25, 0.3) is 5.70 Å². The number of carboxylic acids is 1. The summed E-state index contributed by atoms with van der Waals surface area (Å²) < 4.78 is 0. The molecule has 1 unspecified atom stereocenters. The highest BCUT2D eigenvalue weighted by atomic mass is 16.4. The van der Waals surface area contributed by atoms with E-state index in [4.69, 9.17) is 0 Å². The number of aliphatic carboxylic acids is 1. The summed E-state index contributed by atoms with van der Waals surface area (Å²) in [5.41, 5.74) is 0.893. The molecule has 0 aromatic heterocycles. The first-order chi connectivity index (χ1) is 18.3. The average molecular weight is 534 g/mol. The number of carboxylic acid groups (broad SMARTS) is 1. The van der Waals surface area contributed by atoms with E-state index in [2.05, 4.69) is 5.32 Å². The highest BCUT2D eigenvalue weighted by Gasteiger charge is 2.43. The van der Waals surface area contributed by atoms with Gasteiger partial charge in [0.25, 0.3) is 11.7 Å². The molecular formula is C30H35N3O6. The smallest absolute Gasteiger partial charge is 0.374 e. The second-order valence-corrected chi connectivity index (χ2v) is 10.9. The SMILES string of the molecule is CC(C)C1C(=O)N(CC(=O)N[C@@H](Cc2ccccc2)C(=O)C(=O)O)C(c2ccccc2)=CN1C(=O)C(C)(C)C. The van der Waals surface area contributed by atoms with Gasteiger partial charge in [-0.1, -0.05) is 95.3 Å². The van der Waals surface area contributed by atoms with Crippen LogP contribution in [0.15, 0.2) is 66.9 Å². The van der Waals surface area contributed by atoms with Gasteiger partial charge in [-0.2, -0.15) is 0 Å². The molecular weight excluding hydrogens is 498 g/mol. The summed E-state index contributed by atoms with van der Waals surface area (Å²) in [6.45, 7) is 8.52. The lowest BCUT2D eigenvalue weighted by Gasteiger charge is -2.43. The van der Waals surface area contributed by atoms with Crippen molar-refractivity contribution >= 4 is 35.2 Å². The lowest BCUT2D eigenvalue weighted by atomic mass is 9.90. The fraction of sp³-hybridized carbons (Fsp3) is 0.367. The van der Waals surface area contributed by atoms with Crippen LogP contribution in [0.2, 0.25) is 0 Å². The van der Waals surface area contributed by atoms with E-state index >= 15 is 0 Å². The number of nitrogens with one attached hydrogen (secondary N) is 1. The quantitative estimate of drug-likeness (QED) is 0.478. The molecule has 0 saturated heterocycles. The van der Waals surface area contributed by atoms with Crippen molar-refractivity contribution in [1.82, 2.24) is 15.1 Å². The first-order valence-electron chi connectivity index (χ1n) is 12.8. The molecule has 1 aliphatic heterocycles. The van der Waals surface area contributed by atoms with E-state index in [1.807, 2.05) is 19.9 Å². The van der Waals surface area contributed by atoms with Crippen LogP contribution in [0.5, 0.6) is 0 Å². The minimum absolute atomic E-state index is 0.0183. The summed E-state index contributed by atoms with van der Waals surface area (Å²) in [5.74, 6) is -4.45. The zero-order valence-corrected chi connectivity index (χ0v) is 22.9. The van der Waals surface area contributed by atoms with Crippen molar-refractivity contribution < 1.29 is 29.1 Å². The molecule has 2 aromatic carbocycles. The van der Waals surface area contributed by atoms with Crippen molar-refractivity contribution in [2.75, 3.05) is 6.54 Å². The van der Waals surface area contributed by atoms with Crippen molar-refractivity contribution in [2.24, 2.45) is 11.3 Å². The van der Waals surface area contributed by atoms with Crippen molar-refractivity contribution in [2.45, 2.75) is 53.1 Å². The van der Waals surface area contributed by atoms with Crippen LogP contribution in [0, 0.1) is 11.3 Å². The van der Waals surface area contributed by atoms with E-state index in [0.29, 0.717) is 16.8 Å². The summed E-state index contributed by atoms with van der Waals surface area (Å²) in [6.07, 6.45) is 1.58. The average Bonchev–Trinajstić information content (AvgIpc) is 2.88. The molecule has 3 rings (SSSR count). The molecule has 0 aliphatic carbocycles. The third kappa shape index (κ3) is 6.98. The molecule has 2 atom stereocenters. The molecule has 2 N–H and O–H groups in total. The molecule has 2 aromatic rings. The number of ketones is 1. The van der Waals surface area contributed by atoms with Gasteiger partial charge in [0.05, 0.1) is 5.70 Å². The Morgan fingerprint density at radius 1 is 0.949 bits per heavy atom. The van der Waals surface area contributed by atoms with Crippen LogP contribution in [0.1, 0.15) is 45.7 Å². The number of hydrogen-bond donors (Lipinski definition) is 2. The molecule has 0 radical (unpaired) electrons. The molecule has 9 heteroatoms. The van der Waals surface area contributed by atoms with Crippen LogP contribution in [0.4, 0.5) is 0 Å². The topological polar surface area (TPSA) is 124 Å². The summed E-state index contributed by atoms with van der Waals surface area (Å²) in [7, 11) is 0. The molecule has 39 heavy (non-hydrogen) atoms. The largest absolute Gasteiger partial charge is 0.475 e. The summed E-state index contributed by atoms with van der Waals surface area (Å²) in [5, 5.41) is 11.8. The predicted molar refractivity (Wildman–Crippen MR) is 146 cm³/mol. The number of hydrogen-bond acceptors (Lipinski definition) is 5. The normalized spacial score (nSPS) is 16.5. The highest BCUT2D eigenvalue weighted by molar-refractivity contribution is 6.35. The van der Waals surface area contributed by atoms with Crippen LogP contribution in [0.3, 0.4) is 0 Å². The summed E-state index contributed by atoms with van der Waals surface area (Å²) >= 11 is 0. The first kappa shape index (κ1) is 29.3. The van der Waals surface area contributed by atoms with Crippen molar-refractivity contribution in [3.05, 3.63) is 78.0 Å². The molecule has 206 valence electrons. The van der Waals surface area contributed by atoms with E-state index in [9.17, 15) is 29.1 Å². The van der Waals surface area contributed by atoms with E-state index in [1.165, 1.54) is 9.80 Å². The molecule has 3 amide bonds. The summed E-state index contributed by atoms with van der Waals surface area (Å²) in [4.78, 5) is 67.2. The van der Waals surface area contributed by atoms with E-state index in [-0.39, 0.29) is 18.2 Å². The van der Waals surface area contributed by atoms with Crippen LogP contribution < -0.4 is 5.32 Å². The van der Waals surface area contributed by atoms with Gasteiger partial charge in [-0.05, 0) is 17.0 Å². The van der Waals surface area contributed by atoms with Gasteiger partial charge in [-0.3, -0.25) is 24.1 Å². The number of carbonyl (C=O) groups is 5. The molecule has 0 spiro atoms. The van der Waals surface area contributed by atoms with Gasteiger partial charge in [-0.15, -0.1) is 0 Å². The fourth-order valence-electron chi connectivity index (χ4n) is 4.45. The Morgan fingerprint density at radius 2 is 1.51 bits per heavy atom. The Bertz CT molecular complexity index is 1260. The zero-order valence-electron chi connectivity index (χ0n) is 22.9. The molecule has 0 saturated carbocycles. The summed E-state index contributed by atoms with van der Waals surface area (Å²) in [6, 6.07) is 15.5. The maximum atomic E-state index is 13.9. The third-order valence-electron chi connectivity index (χ3n) is 6.39. The van der Waals surface area contributed by atoms with Gasteiger partial charge >= 0.3 is 5.97 Å². The second kappa shape index (κ2) is 12.1. The number of nitrogens with zero attached hydrogens (tertiary/aromatic N) is 2. The lowest BCUT2D eigenvalue weighted by Crippen LogP contribution is -2.58. The predicted octanol–water partition coefficient (Wildman–Crippen LogP) is 3.11. The first-order valence-corrected chi connectivity index (χ1v) is 12.8. The Hall–Kier alpha value is -4.27. The van der Waals surface area contributed by atoms with E-state index in [0.717, 1.165) is 0 Å². The molecule has 1 heterocycles. The Balaban J connectivity index is 1.98. The van der Waals surface area contributed by atoms with Crippen molar-refractivity contribution in [3.63, 3.8) is 0 Å². The molecule has 9 nitrogen and oxygen atoms in total. The highest BCUT2D eigenvalue weighted by Crippen LogP contribution is 2.32. The standard InChI is InChI=1S/C30H35N3O6/c1-19(2)25-27(36)32(23(21-14-10-7-11-15-21)17-33(25)29(39)30(3,4)5)18-24(34)31-22(26(35)28(37)38)16-20-12-8-6-9-13-20/h6-15,17,19,22,25H,16,18H2,1-5H3,(H,31,34)(H,37,38)/t22-,25?/m0/s1. The second-order valence-electron chi connectivity index (χ2n) is 10.9. The van der Waals surface area contributed by atoms with Gasteiger partial charge in [0.15, 0.2) is 0 Å². The van der Waals surface area contributed by atoms with Gasteiger partial charge < -0.3 is 15.3 Å². The van der Waals surface area contributed by atoms with Gasteiger partial charge in [0.1, 0.15) is 18.6 Å². The number of benzene rings is 2. The minimum Gasteiger partial charge on any atom is -0.475 e. The van der Waals surface area contributed by atoms with Crippen LogP contribution in [-0.2, 0) is 30.4 Å². The Morgan fingerprint density at radius 3 is 2.03 bits per heavy atom. The van der Waals surface area contributed by atoms with Crippen molar-refractivity contribution in [3.8, 4) is 0 Å². The minimum atomic E-state index is -1.66. The monoisotopic (exact) mass is 533 g/mol. The van der Waals surface area contributed by atoms with Crippen molar-refractivity contribution in [1.29, 1.82) is 0 Å². The fourth-order valence-corrected chi connectivity index (χ4v) is 4.45. The Kier molecular flexibility index (Phi) is 9.06. The number of carbonyl (C=O) groups excluding carboxylic acids is 4. The zero-order chi connectivity index (χ0) is 28.9.